The van der Waals surface area contributed by atoms with Crippen LogP contribution in [0.5, 0.6) is 11.5 Å². The Hall–Kier alpha value is -3.51. The van der Waals surface area contributed by atoms with Gasteiger partial charge in [0.05, 0.1) is 25.2 Å². The monoisotopic (exact) mass is 546 g/mol. The van der Waals surface area contributed by atoms with Gasteiger partial charge in [-0.3, -0.25) is 4.79 Å². The summed E-state index contributed by atoms with van der Waals surface area (Å²) < 4.78 is 66.0. The van der Waals surface area contributed by atoms with E-state index in [0.717, 1.165) is 46.4 Å². The van der Waals surface area contributed by atoms with Gasteiger partial charge in [-0.15, -0.1) is 0 Å². The molecule has 0 bridgehead atoms. The Morgan fingerprint density at radius 2 is 1.76 bits per heavy atom. The van der Waals surface area contributed by atoms with E-state index < -0.39 is 27.2 Å². The van der Waals surface area contributed by atoms with E-state index >= 15 is 0 Å². The molecule has 202 valence electrons. The lowest BCUT2D eigenvalue weighted by Gasteiger charge is -2.35. The molecule has 1 saturated heterocycles. The van der Waals surface area contributed by atoms with Crippen LogP contribution < -0.4 is 19.9 Å². The number of hydrogen-bond donors (Lipinski definition) is 0. The highest BCUT2D eigenvalue weighted by Crippen LogP contribution is 2.33. The first-order valence-electron chi connectivity index (χ1n) is 12.2. The van der Waals surface area contributed by atoms with Crippen LogP contribution in [0.3, 0.4) is 0 Å². The van der Waals surface area contributed by atoms with Gasteiger partial charge in [-0.2, -0.15) is 14.1 Å². The fourth-order valence-corrected chi connectivity index (χ4v) is 5.88. The molecule has 38 heavy (non-hydrogen) atoms. The minimum absolute atomic E-state index is 0.000762. The Kier molecular flexibility index (Phi) is 7.10. The van der Waals surface area contributed by atoms with E-state index in [2.05, 4.69) is 5.10 Å². The van der Waals surface area contributed by atoms with Gasteiger partial charge in [0.2, 0.25) is 15.8 Å². The van der Waals surface area contributed by atoms with Crippen molar-refractivity contribution < 1.29 is 26.7 Å². The molecule has 3 aromatic rings. The van der Waals surface area contributed by atoms with Gasteiger partial charge in [0.1, 0.15) is 29.2 Å². The molecule has 1 unspecified atom stereocenters. The lowest BCUT2D eigenvalue weighted by Crippen LogP contribution is -2.49. The Morgan fingerprint density at radius 3 is 2.42 bits per heavy atom. The number of piperazine rings is 1. The highest BCUT2D eigenvalue weighted by Gasteiger charge is 2.30. The molecule has 1 fully saturated rings. The standard InChI is InChI=1S/C26H28F2N4O5S/c1-36-24-5-3-4-17-6-7-21(15-22(17)24)37-25-23(30-8-10-31(11-9-30)38(2,34)35)16-29-32(26(25)33)20-13-18(27)12-19(28)14-20/h3-5,12-14,16,21H,6-11,15H2,1-2H3. The molecule has 0 N–H and O–H groups in total. The van der Waals surface area contributed by atoms with Crippen molar-refractivity contribution in [2.45, 2.75) is 25.4 Å². The van der Waals surface area contributed by atoms with E-state index in [1.54, 1.807) is 7.11 Å². The van der Waals surface area contributed by atoms with Crippen LogP contribution in [0, 0.1) is 11.6 Å². The molecular formula is C26H28F2N4O5S. The predicted molar refractivity (Wildman–Crippen MR) is 138 cm³/mol. The number of anilines is 1. The van der Waals surface area contributed by atoms with Crippen LogP contribution in [0.15, 0.2) is 47.4 Å². The summed E-state index contributed by atoms with van der Waals surface area (Å²) in [6, 6.07) is 8.62. The van der Waals surface area contributed by atoms with E-state index in [0.29, 0.717) is 37.7 Å². The van der Waals surface area contributed by atoms with Crippen molar-refractivity contribution in [2.24, 2.45) is 0 Å². The third kappa shape index (κ3) is 5.23. The van der Waals surface area contributed by atoms with E-state index in [-0.39, 0.29) is 30.6 Å². The lowest BCUT2D eigenvalue weighted by atomic mass is 9.89. The SMILES string of the molecule is COc1cccc2c1CC(Oc1c(N3CCN(S(C)(=O)=O)CC3)cnn(-c3cc(F)cc(F)c3)c1=O)CC2. The first-order chi connectivity index (χ1) is 18.1. The molecule has 1 aliphatic carbocycles. The molecule has 1 atom stereocenters. The molecule has 0 amide bonds. The first-order valence-corrected chi connectivity index (χ1v) is 14.1. The third-order valence-corrected chi connectivity index (χ3v) is 8.26. The second kappa shape index (κ2) is 10.3. The minimum atomic E-state index is -3.35. The van der Waals surface area contributed by atoms with Crippen LogP contribution in [0.4, 0.5) is 14.5 Å². The van der Waals surface area contributed by atoms with Gasteiger partial charge in [0, 0.05) is 44.2 Å². The topological polar surface area (TPSA) is 94.0 Å². The number of hydrogen-bond acceptors (Lipinski definition) is 7. The number of aromatic nitrogens is 2. The van der Waals surface area contributed by atoms with Crippen molar-refractivity contribution >= 4 is 15.7 Å². The van der Waals surface area contributed by atoms with Crippen LogP contribution in [0.1, 0.15) is 17.5 Å². The lowest BCUT2D eigenvalue weighted by molar-refractivity contribution is 0.179. The van der Waals surface area contributed by atoms with Crippen LogP contribution in [0.25, 0.3) is 5.69 Å². The summed E-state index contributed by atoms with van der Waals surface area (Å²) in [5, 5.41) is 4.19. The van der Waals surface area contributed by atoms with Gasteiger partial charge in [-0.05, 0) is 36.6 Å². The molecule has 1 aliphatic heterocycles. The maximum atomic E-state index is 13.9. The van der Waals surface area contributed by atoms with Gasteiger partial charge in [-0.1, -0.05) is 12.1 Å². The molecule has 2 aliphatic rings. The van der Waals surface area contributed by atoms with Crippen molar-refractivity contribution in [3.63, 3.8) is 0 Å². The van der Waals surface area contributed by atoms with Crippen molar-refractivity contribution in [1.29, 1.82) is 0 Å². The molecule has 2 aromatic carbocycles. The number of benzene rings is 2. The Labute approximate surface area is 219 Å². The highest BCUT2D eigenvalue weighted by atomic mass is 32.2. The minimum Gasteiger partial charge on any atom is -0.496 e. The van der Waals surface area contributed by atoms with Crippen molar-refractivity contribution in [3.8, 4) is 17.2 Å². The van der Waals surface area contributed by atoms with E-state index in [4.69, 9.17) is 9.47 Å². The van der Waals surface area contributed by atoms with Crippen LogP contribution in [-0.2, 0) is 22.9 Å². The zero-order valence-corrected chi connectivity index (χ0v) is 21.9. The Morgan fingerprint density at radius 1 is 1.05 bits per heavy atom. The smallest absolute Gasteiger partial charge is 0.316 e. The number of ether oxygens (including phenoxy) is 2. The molecular weight excluding hydrogens is 518 g/mol. The Bertz CT molecular complexity index is 1490. The summed E-state index contributed by atoms with van der Waals surface area (Å²) >= 11 is 0. The first kappa shape index (κ1) is 26.1. The second-order valence-corrected chi connectivity index (χ2v) is 11.4. The van der Waals surface area contributed by atoms with Crippen molar-refractivity contribution in [3.05, 3.63) is 75.7 Å². The van der Waals surface area contributed by atoms with Crippen molar-refractivity contribution in [1.82, 2.24) is 14.1 Å². The number of sulfonamides is 1. The van der Waals surface area contributed by atoms with Gasteiger partial charge in [0.25, 0.3) is 0 Å². The van der Waals surface area contributed by atoms with Gasteiger partial charge in [0.15, 0.2) is 0 Å². The summed E-state index contributed by atoms with van der Waals surface area (Å²) in [5.74, 6) is -0.933. The zero-order valence-electron chi connectivity index (χ0n) is 21.1. The number of fused-ring (bicyclic) bond motifs is 1. The summed E-state index contributed by atoms with van der Waals surface area (Å²) in [7, 11) is -1.74. The van der Waals surface area contributed by atoms with E-state index in [1.165, 1.54) is 10.5 Å². The number of halogens is 2. The van der Waals surface area contributed by atoms with Crippen LogP contribution >= 0.6 is 0 Å². The third-order valence-electron chi connectivity index (χ3n) is 6.96. The number of rotatable bonds is 6. The highest BCUT2D eigenvalue weighted by molar-refractivity contribution is 7.88. The molecule has 0 spiro atoms. The maximum Gasteiger partial charge on any atom is 0.316 e. The average Bonchev–Trinajstić information content (AvgIpc) is 2.88. The number of methoxy groups -OCH3 is 1. The van der Waals surface area contributed by atoms with Crippen LogP contribution in [-0.4, -0.2) is 68.2 Å². The summed E-state index contributed by atoms with van der Waals surface area (Å²) in [4.78, 5) is 15.5. The van der Waals surface area contributed by atoms with Gasteiger partial charge < -0.3 is 14.4 Å². The molecule has 9 nitrogen and oxygen atoms in total. The average molecular weight is 547 g/mol. The van der Waals surface area contributed by atoms with E-state index in [1.807, 2.05) is 23.1 Å². The largest absolute Gasteiger partial charge is 0.496 e. The van der Waals surface area contributed by atoms with Crippen LogP contribution in [0.2, 0.25) is 0 Å². The molecule has 12 heteroatoms. The Balaban J connectivity index is 1.52. The molecule has 1 aromatic heterocycles. The summed E-state index contributed by atoms with van der Waals surface area (Å²) in [6.07, 6.45) is 4.12. The summed E-state index contributed by atoms with van der Waals surface area (Å²) in [6.45, 7) is 1.13. The summed E-state index contributed by atoms with van der Waals surface area (Å²) in [5.41, 5.74) is 1.84. The van der Waals surface area contributed by atoms with Gasteiger partial charge >= 0.3 is 5.56 Å². The quantitative estimate of drug-likeness (QED) is 0.469. The van der Waals surface area contributed by atoms with Crippen molar-refractivity contribution in [2.75, 3.05) is 44.4 Å². The van der Waals surface area contributed by atoms with Gasteiger partial charge in [-0.25, -0.2) is 17.2 Å². The molecule has 0 saturated carbocycles. The fourth-order valence-electron chi connectivity index (χ4n) is 5.05. The number of nitrogens with zero attached hydrogens (tertiary/aromatic N) is 4. The maximum absolute atomic E-state index is 13.9. The second-order valence-electron chi connectivity index (χ2n) is 9.43. The predicted octanol–water partition coefficient (Wildman–Crippen LogP) is 2.54. The molecule has 0 radical (unpaired) electrons. The molecule has 5 rings (SSSR count). The molecule has 2 heterocycles. The van der Waals surface area contributed by atoms with E-state index in [9.17, 15) is 22.0 Å². The number of aryl methyl sites for hydroxylation is 1. The zero-order chi connectivity index (χ0) is 27.0. The fraction of sp³-hybridized carbons (Fsp3) is 0.385. The normalized spacial score (nSPS) is 18.2.